The van der Waals surface area contributed by atoms with Gasteiger partial charge in [-0.3, -0.25) is 4.79 Å². The summed E-state index contributed by atoms with van der Waals surface area (Å²) in [5.74, 6) is -0.224. The van der Waals surface area contributed by atoms with E-state index in [1.807, 2.05) is 14.1 Å². The van der Waals surface area contributed by atoms with E-state index in [1.54, 1.807) is 17.1 Å². The van der Waals surface area contributed by atoms with Gasteiger partial charge in [-0.2, -0.15) is 0 Å². The number of piperidine rings is 1. The molecule has 104 valence electrons. The van der Waals surface area contributed by atoms with Gasteiger partial charge >= 0.3 is 0 Å². The van der Waals surface area contributed by atoms with Crippen LogP contribution in [0, 0.1) is 0 Å². The number of carbonyl (C=O) groups excluding carboxylic acids is 1. The Labute approximate surface area is 118 Å². The van der Waals surface area contributed by atoms with Crippen molar-refractivity contribution in [2.24, 2.45) is 12.8 Å². The van der Waals surface area contributed by atoms with Crippen molar-refractivity contribution in [3.63, 3.8) is 0 Å². The number of aryl methyl sites for hydroxylation is 1. The molecule has 1 aliphatic heterocycles. The summed E-state index contributed by atoms with van der Waals surface area (Å²) >= 11 is 5.16. The first-order valence-electron chi connectivity index (χ1n) is 6.22. The zero-order valence-corrected chi connectivity index (χ0v) is 12.0. The molecule has 7 heteroatoms. The number of hydrogen-bond acceptors (Lipinski definition) is 4. The highest BCUT2D eigenvalue weighted by molar-refractivity contribution is 7.80. The summed E-state index contributed by atoms with van der Waals surface area (Å²) in [6.45, 7) is 1.72. The highest BCUT2D eigenvalue weighted by Crippen LogP contribution is 2.22. The van der Waals surface area contributed by atoms with Gasteiger partial charge in [-0.05, 0) is 19.9 Å². The Bertz CT molecular complexity index is 490. The van der Waals surface area contributed by atoms with E-state index in [0.29, 0.717) is 10.7 Å². The molecule has 1 aromatic heterocycles. The maximum atomic E-state index is 12.2. The fraction of sp³-hybridized carbons (Fsp3) is 0.583. The number of rotatable bonds is 3. The van der Waals surface area contributed by atoms with Crippen molar-refractivity contribution in [2.75, 3.05) is 20.1 Å². The molecule has 0 saturated carbocycles. The van der Waals surface area contributed by atoms with Gasteiger partial charge in [-0.15, -0.1) is 0 Å². The Balaban J connectivity index is 2.13. The molecule has 0 bridgehead atoms. The lowest BCUT2D eigenvalue weighted by atomic mass is 9.87. The van der Waals surface area contributed by atoms with Gasteiger partial charge in [-0.1, -0.05) is 12.2 Å². The van der Waals surface area contributed by atoms with Crippen LogP contribution >= 0.6 is 12.2 Å². The molecular formula is C12H19N5OS. The van der Waals surface area contributed by atoms with E-state index in [4.69, 9.17) is 18.0 Å². The second kappa shape index (κ2) is 5.26. The molecule has 0 atom stereocenters. The number of nitrogens with one attached hydrogen (secondary N) is 1. The molecule has 1 fully saturated rings. The Hall–Kier alpha value is -1.47. The smallest absolute Gasteiger partial charge is 0.272 e. The number of carbonyl (C=O) groups is 1. The Morgan fingerprint density at radius 1 is 1.47 bits per heavy atom. The molecule has 3 N–H and O–H groups in total. The number of imidazole rings is 1. The lowest BCUT2D eigenvalue weighted by Gasteiger charge is -2.40. The zero-order chi connectivity index (χ0) is 14.0. The highest BCUT2D eigenvalue weighted by atomic mass is 32.1. The summed E-state index contributed by atoms with van der Waals surface area (Å²) in [6.07, 6.45) is 4.74. The minimum absolute atomic E-state index is 0.224. The predicted molar refractivity (Wildman–Crippen MR) is 76.9 cm³/mol. The van der Waals surface area contributed by atoms with Gasteiger partial charge in [0, 0.05) is 26.3 Å². The molecule has 1 amide bonds. The van der Waals surface area contributed by atoms with Gasteiger partial charge in [-0.25, -0.2) is 4.98 Å². The summed E-state index contributed by atoms with van der Waals surface area (Å²) in [5, 5.41) is 2.97. The third-order valence-corrected chi connectivity index (χ3v) is 3.99. The van der Waals surface area contributed by atoms with Crippen LogP contribution in [0.2, 0.25) is 0 Å². The molecule has 2 rings (SSSR count). The normalized spacial score (nSPS) is 19.1. The summed E-state index contributed by atoms with van der Waals surface area (Å²) < 4.78 is 1.73. The fourth-order valence-corrected chi connectivity index (χ4v) is 2.50. The third-order valence-electron chi connectivity index (χ3n) is 3.60. The molecule has 1 aromatic rings. The summed E-state index contributed by atoms with van der Waals surface area (Å²) in [7, 11) is 3.87. The van der Waals surface area contributed by atoms with Crippen LogP contribution in [0.5, 0.6) is 0 Å². The zero-order valence-electron chi connectivity index (χ0n) is 11.2. The van der Waals surface area contributed by atoms with Crippen LogP contribution in [0.4, 0.5) is 0 Å². The first kappa shape index (κ1) is 14.0. The van der Waals surface area contributed by atoms with Gasteiger partial charge in [0.15, 0.2) is 0 Å². The number of thiocarbonyl (C=S) groups is 1. The largest absolute Gasteiger partial charge is 0.391 e. The summed E-state index contributed by atoms with van der Waals surface area (Å²) in [6, 6.07) is 0. The van der Waals surface area contributed by atoms with Crippen LogP contribution in [0.15, 0.2) is 12.5 Å². The van der Waals surface area contributed by atoms with Gasteiger partial charge in [0.1, 0.15) is 5.69 Å². The van der Waals surface area contributed by atoms with E-state index in [1.165, 1.54) is 0 Å². The quantitative estimate of drug-likeness (QED) is 0.757. The molecule has 2 heterocycles. The molecule has 6 nitrogen and oxygen atoms in total. The number of aromatic nitrogens is 2. The summed E-state index contributed by atoms with van der Waals surface area (Å²) in [5.41, 5.74) is 5.65. The molecule has 0 aromatic carbocycles. The van der Waals surface area contributed by atoms with E-state index in [-0.39, 0.29) is 5.91 Å². The molecule has 19 heavy (non-hydrogen) atoms. The third kappa shape index (κ3) is 2.93. The van der Waals surface area contributed by atoms with E-state index in [2.05, 4.69) is 15.2 Å². The molecule has 1 aliphatic rings. The topological polar surface area (TPSA) is 76.2 Å². The first-order chi connectivity index (χ1) is 8.93. The lowest BCUT2D eigenvalue weighted by molar-refractivity contribution is 0.0885. The number of amides is 1. The number of likely N-dealkylation sites (tertiary alicyclic amines) is 1. The van der Waals surface area contributed by atoms with Crippen LogP contribution in [0.25, 0.3) is 0 Å². The van der Waals surface area contributed by atoms with Crippen LogP contribution in [0.3, 0.4) is 0 Å². The van der Waals surface area contributed by atoms with E-state index < -0.39 is 5.54 Å². The SMILES string of the molecule is CN1CCC(NC(=O)c2cn(C)cn2)(C(N)=S)CC1. The second-order valence-corrected chi connectivity index (χ2v) is 5.57. The first-order valence-corrected chi connectivity index (χ1v) is 6.63. The Kier molecular flexibility index (Phi) is 3.86. The van der Waals surface area contributed by atoms with Crippen molar-refractivity contribution in [2.45, 2.75) is 18.4 Å². The van der Waals surface area contributed by atoms with Crippen molar-refractivity contribution < 1.29 is 4.79 Å². The lowest BCUT2D eigenvalue weighted by Crippen LogP contribution is -2.61. The van der Waals surface area contributed by atoms with Crippen molar-refractivity contribution in [3.8, 4) is 0 Å². The van der Waals surface area contributed by atoms with Crippen molar-refractivity contribution >= 4 is 23.1 Å². The van der Waals surface area contributed by atoms with Crippen LogP contribution in [-0.2, 0) is 7.05 Å². The second-order valence-electron chi connectivity index (χ2n) is 5.13. The number of hydrogen-bond donors (Lipinski definition) is 2. The van der Waals surface area contributed by atoms with Crippen molar-refractivity contribution in [1.29, 1.82) is 0 Å². The highest BCUT2D eigenvalue weighted by Gasteiger charge is 2.38. The van der Waals surface area contributed by atoms with Crippen LogP contribution in [-0.4, -0.2) is 51.0 Å². The molecule has 0 spiro atoms. The van der Waals surface area contributed by atoms with Crippen LogP contribution in [0.1, 0.15) is 23.3 Å². The molecule has 0 radical (unpaired) electrons. The monoisotopic (exact) mass is 281 g/mol. The minimum atomic E-state index is -0.587. The van der Waals surface area contributed by atoms with Gasteiger partial charge in [0.05, 0.1) is 16.9 Å². The van der Waals surface area contributed by atoms with Gasteiger partial charge in [0.25, 0.3) is 5.91 Å². The average Bonchev–Trinajstić information content (AvgIpc) is 2.79. The van der Waals surface area contributed by atoms with E-state index >= 15 is 0 Å². The Morgan fingerprint density at radius 2 is 2.11 bits per heavy atom. The average molecular weight is 281 g/mol. The number of nitrogens with two attached hydrogens (primary N) is 1. The van der Waals surface area contributed by atoms with Crippen molar-refractivity contribution in [1.82, 2.24) is 19.8 Å². The van der Waals surface area contributed by atoms with Crippen molar-refractivity contribution in [3.05, 3.63) is 18.2 Å². The standard InChI is InChI=1S/C12H19N5OS/c1-16-5-3-12(4-6-16,11(13)19)15-10(18)9-7-17(2)8-14-9/h7-8H,3-6H2,1-2H3,(H2,13,19)(H,15,18). The van der Waals surface area contributed by atoms with Crippen LogP contribution < -0.4 is 11.1 Å². The molecule has 1 saturated heterocycles. The minimum Gasteiger partial charge on any atom is -0.391 e. The Morgan fingerprint density at radius 3 is 2.58 bits per heavy atom. The molecular weight excluding hydrogens is 262 g/mol. The van der Waals surface area contributed by atoms with E-state index in [0.717, 1.165) is 25.9 Å². The number of nitrogens with zero attached hydrogens (tertiary/aromatic N) is 3. The summed E-state index contributed by atoms with van der Waals surface area (Å²) in [4.78, 5) is 18.8. The molecule has 0 aliphatic carbocycles. The maximum absolute atomic E-state index is 12.2. The van der Waals surface area contributed by atoms with Gasteiger partial charge < -0.3 is 20.5 Å². The fourth-order valence-electron chi connectivity index (χ4n) is 2.24. The molecule has 0 unspecified atom stereocenters. The van der Waals surface area contributed by atoms with Gasteiger partial charge in [0.2, 0.25) is 0 Å². The maximum Gasteiger partial charge on any atom is 0.272 e. The van der Waals surface area contributed by atoms with E-state index in [9.17, 15) is 4.79 Å². The predicted octanol–water partition coefficient (Wildman–Crippen LogP) is -0.0996.